The molecule has 0 spiro atoms. The van der Waals surface area contributed by atoms with Crippen molar-refractivity contribution in [3.8, 4) is 6.01 Å². The van der Waals surface area contributed by atoms with Gasteiger partial charge in [-0.3, -0.25) is 0 Å². The van der Waals surface area contributed by atoms with Gasteiger partial charge in [-0.1, -0.05) is 6.92 Å². The fraction of sp³-hybridized carbons (Fsp3) is 0.462. The van der Waals surface area contributed by atoms with E-state index in [2.05, 4.69) is 37.0 Å². The molecular weight excluding hydrogens is 274 g/mol. The first-order valence-electron chi connectivity index (χ1n) is 6.69. The quantitative estimate of drug-likeness (QED) is 0.780. The summed E-state index contributed by atoms with van der Waals surface area (Å²) in [5.74, 6) is 1.05. The minimum absolute atomic E-state index is 0.352. The number of aromatic nitrogens is 3. The molecule has 0 atom stereocenters. The van der Waals surface area contributed by atoms with Crippen molar-refractivity contribution in [2.24, 2.45) is 0 Å². The van der Waals surface area contributed by atoms with Crippen LogP contribution in [-0.4, -0.2) is 28.1 Å². The van der Waals surface area contributed by atoms with Crippen molar-refractivity contribution < 1.29 is 4.74 Å². The molecule has 0 saturated carbocycles. The SMILES string of the molecule is CCCOc1nc(NCC)nc(NCc2ccsc2)n1. The number of thiophene rings is 1. The lowest BCUT2D eigenvalue weighted by Gasteiger charge is -2.09. The van der Waals surface area contributed by atoms with Crippen LogP contribution < -0.4 is 15.4 Å². The molecule has 108 valence electrons. The minimum atomic E-state index is 0.352. The second-order valence-electron chi connectivity index (χ2n) is 4.13. The molecule has 0 radical (unpaired) electrons. The summed E-state index contributed by atoms with van der Waals surface area (Å²) in [4.78, 5) is 12.8. The molecule has 2 heterocycles. The average Bonchev–Trinajstić information content (AvgIpc) is 2.96. The summed E-state index contributed by atoms with van der Waals surface area (Å²) >= 11 is 1.67. The minimum Gasteiger partial charge on any atom is -0.463 e. The normalized spacial score (nSPS) is 10.3. The van der Waals surface area contributed by atoms with Gasteiger partial charge in [0.25, 0.3) is 0 Å². The van der Waals surface area contributed by atoms with Crippen molar-refractivity contribution in [3.05, 3.63) is 22.4 Å². The lowest BCUT2D eigenvalue weighted by atomic mass is 10.3. The smallest absolute Gasteiger partial charge is 0.323 e. The monoisotopic (exact) mass is 293 g/mol. The highest BCUT2D eigenvalue weighted by molar-refractivity contribution is 7.07. The molecule has 0 unspecified atom stereocenters. The van der Waals surface area contributed by atoms with Crippen LogP contribution in [0.1, 0.15) is 25.8 Å². The van der Waals surface area contributed by atoms with E-state index < -0.39 is 0 Å². The number of hydrogen-bond acceptors (Lipinski definition) is 7. The van der Waals surface area contributed by atoms with E-state index in [-0.39, 0.29) is 0 Å². The molecule has 0 bridgehead atoms. The zero-order valence-electron chi connectivity index (χ0n) is 11.7. The highest BCUT2D eigenvalue weighted by atomic mass is 32.1. The van der Waals surface area contributed by atoms with Crippen LogP contribution in [0.25, 0.3) is 0 Å². The van der Waals surface area contributed by atoms with Gasteiger partial charge in [-0.15, -0.1) is 0 Å². The summed E-state index contributed by atoms with van der Waals surface area (Å²) in [6, 6.07) is 2.42. The van der Waals surface area contributed by atoms with Crippen molar-refractivity contribution in [2.75, 3.05) is 23.8 Å². The molecular formula is C13H19N5OS. The third-order valence-electron chi connectivity index (χ3n) is 2.42. The first kappa shape index (κ1) is 14.5. The summed E-state index contributed by atoms with van der Waals surface area (Å²) in [5, 5.41) is 10.4. The lowest BCUT2D eigenvalue weighted by Crippen LogP contribution is -2.11. The van der Waals surface area contributed by atoms with E-state index in [0.717, 1.165) is 13.0 Å². The van der Waals surface area contributed by atoms with Gasteiger partial charge in [0, 0.05) is 13.1 Å². The van der Waals surface area contributed by atoms with Crippen LogP contribution in [0, 0.1) is 0 Å². The van der Waals surface area contributed by atoms with E-state index in [1.165, 1.54) is 5.56 Å². The molecule has 0 fully saturated rings. The lowest BCUT2D eigenvalue weighted by molar-refractivity contribution is 0.292. The topological polar surface area (TPSA) is 72.0 Å². The average molecular weight is 293 g/mol. The molecule has 0 aliphatic rings. The zero-order valence-corrected chi connectivity index (χ0v) is 12.5. The molecule has 0 aliphatic heterocycles. The van der Waals surface area contributed by atoms with Crippen molar-refractivity contribution >= 4 is 23.2 Å². The van der Waals surface area contributed by atoms with Gasteiger partial charge in [0.05, 0.1) is 6.61 Å². The first-order chi connectivity index (χ1) is 9.81. The van der Waals surface area contributed by atoms with Crippen molar-refractivity contribution in [2.45, 2.75) is 26.8 Å². The Labute approximate surface area is 122 Å². The fourth-order valence-corrected chi connectivity index (χ4v) is 2.17. The molecule has 20 heavy (non-hydrogen) atoms. The van der Waals surface area contributed by atoms with Crippen LogP contribution in [0.2, 0.25) is 0 Å². The van der Waals surface area contributed by atoms with Crippen molar-refractivity contribution in [1.82, 2.24) is 15.0 Å². The Hall–Kier alpha value is -1.89. The van der Waals surface area contributed by atoms with Crippen LogP contribution >= 0.6 is 11.3 Å². The number of rotatable bonds is 8. The Kier molecular flexibility index (Phi) is 5.55. The highest BCUT2D eigenvalue weighted by Gasteiger charge is 2.07. The fourth-order valence-electron chi connectivity index (χ4n) is 1.50. The summed E-state index contributed by atoms with van der Waals surface area (Å²) in [7, 11) is 0. The third kappa shape index (κ3) is 4.34. The summed E-state index contributed by atoms with van der Waals surface area (Å²) in [5.41, 5.74) is 1.21. The Morgan fingerprint density at radius 3 is 2.60 bits per heavy atom. The van der Waals surface area contributed by atoms with Gasteiger partial charge >= 0.3 is 6.01 Å². The summed E-state index contributed by atoms with van der Waals surface area (Å²) < 4.78 is 5.48. The zero-order chi connectivity index (χ0) is 14.2. The largest absolute Gasteiger partial charge is 0.463 e. The number of nitrogens with one attached hydrogen (secondary N) is 2. The second-order valence-corrected chi connectivity index (χ2v) is 4.91. The molecule has 2 aromatic rings. The van der Waals surface area contributed by atoms with E-state index in [0.29, 0.717) is 31.1 Å². The van der Waals surface area contributed by atoms with Gasteiger partial charge in [0.1, 0.15) is 0 Å². The number of hydrogen-bond donors (Lipinski definition) is 2. The second kappa shape index (κ2) is 7.64. The molecule has 0 saturated heterocycles. The van der Waals surface area contributed by atoms with Gasteiger partial charge in [-0.25, -0.2) is 0 Å². The molecule has 0 aliphatic carbocycles. The van der Waals surface area contributed by atoms with Crippen LogP contribution in [0.5, 0.6) is 6.01 Å². The molecule has 2 aromatic heterocycles. The molecule has 7 heteroatoms. The van der Waals surface area contributed by atoms with Crippen LogP contribution in [0.4, 0.5) is 11.9 Å². The van der Waals surface area contributed by atoms with Crippen LogP contribution in [0.3, 0.4) is 0 Å². The Morgan fingerprint density at radius 1 is 1.15 bits per heavy atom. The predicted molar refractivity (Wildman–Crippen MR) is 81.4 cm³/mol. The first-order valence-corrected chi connectivity index (χ1v) is 7.63. The predicted octanol–water partition coefficient (Wildman–Crippen LogP) is 2.77. The number of anilines is 2. The highest BCUT2D eigenvalue weighted by Crippen LogP contribution is 2.13. The standard InChI is InChI=1S/C13H19N5OS/c1-3-6-19-13-17-11(14-4-2)16-12(18-13)15-8-10-5-7-20-9-10/h5,7,9H,3-4,6,8H2,1-2H3,(H2,14,15,16,17,18). The molecule has 2 rings (SSSR count). The number of nitrogens with zero attached hydrogens (tertiary/aromatic N) is 3. The molecule has 6 nitrogen and oxygen atoms in total. The molecule has 0 aromatic carbocycles. The van der Waals surface area contributed by atoms with Gasteiger partial charge in [0.15, 0.2) is 0 Å². The Bertz CT molecular complexity index is 517. The molecule has 0 amide bonds. The Morgan fingerprint density at radius 2 is 1.95 bits per heavy atom. The van der Waals surface area contributed by atoms with Crippen LogP contribution in [-0.2, 0) is 6.54 Å². The van der Waals surface area contributed by atoms with Gasteiger partial charge in [-0.2, -0.15) is 26.3 Å². The van der Waals surface area contributed by atoms with Crippen molar-refractivity contribution in [3.63, 3.8) is 0 Å². The maximum absolute atomic E-state index is 5.48. The maximum atomic E-state index is 5.48. The maximum Gasteiger partial charge on any atom is 0.323 e. The number of ether oxygens (including phenoxy) is 1. The third-order valence-corrected chi connectivity index (χ3v) is 3.15. The van der Waals surface area contributed by atoms with Gasteiger partial charge in [-0.05, 0) is 35.7 Å². The molecule has 2 N–H and O–H groups in total. The van der Waals surface area contributed by atoms with Crippen molar-refractivity contribution in [1.29, 1.82) is 0 Å². The van der Waals surface area contributed by atoms with Gasteiger partial charge < -0.3 is 15.4 Å². The Balaban J connectivity index is 2.06. The van der Waals surface area contributed by atoms with E-state index in [1.807, 2.05) is 19.2 Å². The van der Waals surface area contributed by atoms with E-state index in [1.54, 1.807) is 11.3 Å². The van der Waals surface area contributed by atoms with E-state index >= 15 is 0 Å². The van der Waals surface area contributed by atoms with E-state index in [9.17, 15) is 0 Å². The van der Waals surface area contributed by atoms with E-state index in [4.69, 9.17) is 4.74 Å². The van der Waals surface area contributed by atoms with Gasteiger partial charge in [0.2, 0.25) is 11.9 Å². The van der Waals surface area contributed by atoms with Crippen LogP contribution in [0.15, 0.2) is 16.8 Å². The summed E-state index contributed by atoms with van der Waals surface area (Å²) in [6.45, 7) is 6.07. The summed E-state index contributed by atoms with van der Waals surface area (Å²) in [6.07, 6.45) is 0.917.